The van der Waals surface area contributed by atoms with Crippen LogP contribution >= 0.6 is 0 Å². The summed E-state index contributed by atoms with van der Waals surface area (Å²) in [4.78, 5) is 44.5. The number of rotatable bonds is 10. The van der Waals surface area contributed by atoms with Crippen LogP contribution in [0, 0.1) is 0 Å². The van der Waals surface area contributed by atoms with Crippen LogP contribution in [-0.2, 0) is 27.4 Å². The Morgan fingerprint density at radius 2 is 1.73 bits per heavy atom. The molecule has 10 heteroatoms. The molecule has 33 heavy (non-hydrogen) atoms. The number of nitrogens with one attached hydrogen (secondary N) is 2. The monoisotopic (exact) mass is 451 g/mol. The third-order valence-corrected chi connectivity index (χ3v) is 4.71. The molecule has 172 valence electrons. The molecule has 0 aliphatic heterocycles. The maximum absolute atomic E-state index is 12.3. The highest BCUT2D eigenvalue weighted by Crippen LogP contribution is 2.10. The minimum atomic E-state index is -1.18. The van der Waals surface area contributed by atoms with Gasteiger partial charge in [0.05, 0.1) is 29.3 Å². The number of aromatic nitrogens is 2. The van der Waals surface area contributed by atoms with E-state index in [9.17, 15) is 19.5 Å². The summed E-state index contributed by atoms with van der Waals surface area (Å²) in [5.74, 6) is -1.34. The topological polar surface area (TPSA) is 157 Å². The lowest BCUT2D eigenvalue weighted by Crippen LogP contribution is -2.47. The van der Waals surface area contributed by atoms with Crippen LogP contribution in [0.15, 0.2) is 60.8 Å². The average Bonchev–Trinajstić information content (AvgIpc) is 2.81. The number of para-hydroxylation sites is 2. The number of carbonyl (C=O) groups is 3. The van der Waals surface area contributed by atoms with Crippen molar-refractivity contribution in [3.05, 3.63) is 72.1 Å². The lowest BCUT2D eigenvalue weighted by atomic mass is 10.1. The number of amides is 3. The van der Waals surface area contributed by atoms with Gasteiger partial charge >= 0.3 is 6.09 Å². The second-order valence-electron chi connectivity index (χ2n) is 7.38. The van der Waals surface area contributed by atoms with Gasteiger partial charge in [-0.1, -0.05) is 42.5 Å². The number of alkyl carbamates (subject to hydrolysis) is 1. The van der Waals surface area contributed by atoms with E-state index in [0.717, 1.165) is 5.56 Å². The van der Waals surface area contributed by atoms with Gasteiger partial charge in [0.2, 0.25) is 11.8 Å². The Kier molecular flexibility index (Phi) is 8.25. The predicted octanol–water partition coefficient (Wildman–Crippen LogP) is 0.820. The fraction of sp³-hybridized carbons (Fsp3) is 0.261. The van der Waals surface area contributed by atoms with Crippen LogP contribution in [0.3, 0.4) is 0 Å². The van der Waals surface area contributed by atoms with E-state index < -0.39 is 30.1 Å². The van der Waals surface area contributed by atoms with E-state index in [0.29, 0.717) is 16.7 Å². The number of hydrogen-bond acceptors (Lipinski definition) is 7. The van der Waals surface area contributed by atoms with E-state index in [-0.39, 0.29) is 26.0 Å². The van der Waals surface area contributed by atoms with Crippen molar-refractivity contribution in [1.29, 1.82) is 0 Å². The molecule has 5 N–H and O–H groups in total. The molecule has 3 amide bonds. The van der Waals surface area contributed by atoms with Crippen molar-refractivity contribution < 1.29 is 24.2 Å². The Bertz CT molecular complexity index is 1110. The molecule has 0 fully saturated rings. The summed E-state index contributed by atoms with van der Waals surface area (Å²) in [6, 6.07) is 15.4. The molecule has 3 rings (SSSR count). The summed E-state index contributed by atoms with van der Waals surface area (Å²) in [5, 5.41) is 14.9. The number of ether oxygens (including phenoxy) is 1. The first-order chi connectivity index (χ1) is 15.9. The van der Waals surface area contributed by atoms with Crippen molar-refractivity contribution in [1.82, 2.24) is 20.6 Å². The Balaban J connectivity index is 1.44. The zero-order valence-electron chi connectivity index (χ0n) is 17.8. The van der Waals surface area contributed by atoms with Crippen molar-refractivity contribution in [3.8, 4) is 0 Å². The molecule has 0 radical (unpaired) electrons. The number of aliphatic hydroxyl groups excluding tert-OH is 1. The van der Waals surface area contributed by atoms with E-state index in [1.807, 2.05) is 48.5 Å². The van der Waals surface area contributed by atoms with Gasteiger partial charge in [-0.25, -0.2) is 9.78 Å². The van der Waals surface area contributed by atoms with E-state index in [1.54, 1.807) is 6.07 Å². The maximum Gasteiger partial charge on any atom is 0.407 e. The number of hydrogen-bond donors (Lipinski definition) is 4. The molecule has 0 unspecified atom stereocenters. The molecular weight excluding hydrogens is 426 g/mol. The third kappa shape index (κ3) is 7.54. The summed E-state index contributed by atoms with van der Waals surface area (Å²) in [6.45, 7) is -0.111. The Morgan fingerprint density at radius 1 is 1.03 bits per heavy atom. The molecule has 0 bridgehead atoms. The summed E-state index contributed by atoms with van der Waals surface area (Å²) in [5.41, 5.74) is 8.09. The summed E-state index contributed by atoms with van der Waals surface area (Å²) >= 11 is 0. The number of fused-ring (bicyclic) bond motifs is 1. The quantitative estimate of drug-likeness (QED) is 0.355. The van der Waals surface area contributed by atoms with Gasteiger partial charge in [-0.2, -0.15) is 0 Å². The molecule has 2 atom stereocenters. The normalized spacial score (nSPS) is 12.5. The van der Waals surface area contributed by atoms with Crippen LogP contribution in [0.4, 0.5) is 4.79 Å². The maximum atomic E-state index is 12.3. The molecule has 1 heterocycles. The van der Waals surface area contributed by atoms with Crippen molar-refractivity contribution in [2.24, 2.45) is 5.73 Å². The molecule has 3 aromatic rings. The van der Waals surface area contributed by atoms with Crippen LogP contribution in [0.2, 0.25) is 0 Å². The van der Waals surface area contributed by atoms with Crippen molar-refractivity contribution >= 4 is 28.9 Å². The number of nitrogens with two attached hydrogens (primary N) is 1. The van der Waals surface area contributed by atoms with Crippen molar-refractivity contribution in [3.63, 3.8) is 0 Å². The molecule has 0 saturated heterocycles. The zero-order valence-corrected chi connectivity index (χ0v) is 17.8. The highest BCUT2D eigenvalue weighted by atomic mass is 16.5. The molecule has 2 aromatic carbocycles. The molecule has 0 aliphatic rings. The standard InChI is InChI=1S/C23H25N5O5/c24-22(31)20(10-16-12-25-18-8-4-5-9-19(18)27-16)28-21(30)11-17(29)13-26-23(32)33-14-15-6-2-1-3-7-15/h1-9,12,17,20,29H,10-11,13-14H2,(H2,24,31)(H,26,32)(H,28,30)/t17-,20+/m1/s1. The van der Waals surface area contributed by atoms with Gasteiger partial charge in [-0.15, -0.1) is 0 Å². The van der Waals surface area contributed by atoms with Crippen LogP contribution in [0.5, 0.6) is 0 Å². The number of carbonyl (C=O) groups excluding carboxylic acids is 3. The van der Waals surface area contributed by atoms with Gasteiger partial charge in [0.25, 0.3) is 0 Å². The molecule has 0 saturated carbocycles. The lowest BCUT2D eigenvalue weighted by Gasteiger charge is -2.17. The molecule has 1 aromatic heterocycles. The molecule has 0 spiro atoms. The first kappa shape index (κ1) is 23.6. The lowest BCUT2D eigenvalue weighted by molar-refractivity contribution is -0.128. The highest BCUT2D eigenvalue weighted by Gasteiger charge is 2.21. The number of aliphatic hydroxyl groups is 1. The molecule has 10 nitrogen and oxygen atoms in total. The van der Waals surface area contributed by atoms with Gasteiger partial charge in [0.15, 0.2) is 0 Å². The van der Waals surface area contributed by atoms with Gasteiger partial charge < -0.3 is 26.2 Å². The minimum absolute atomic E-state index is 0.0546. The Labute approximate surface area is 190 Å². The van der Waals surface area contributed by atoms with Gasteiger partial charge in [-0.3, -0.25) is 14.6 Å². The van der Waals surface area contributed by atoms with Crippen LogP contribution in [0.1, 0.15) is 17.7 Å². The Morgan fingerprint density at radius 3 is 2.45 bits per heavy atom. The largest absolute Gasteiger partial charge is 0.445 e. The Hall–Kier alpha value is -4.05. The second-order valence-corrected chi connectivity index (χ2v) is 7.38. The molecular formula is C23H25N5O5. The van der Waals surface area contributed by atoms with Gasteiger partial charge in [0, 0.05) is 19.2 Å². The highest BCUT2D eigenvalue weighted by molar-refractivity contribution is 5.87. The number of primary amides is 1. The average molecular weight is 451 g/mol. The summed E-state index contributed by atoms with van der Waals surface area (Å²) < 4.78 is 5.04. The SMILES string of the molecule is NC(=O)[C@H](Cc1cnc2ccccc2n1)NC(=O)C[C@@H](O)CNC(=O)OCc1ccccc1. The third-order valence-electron chi connectivity index (χ3n) is 4.71. The van der Waals surface area contributed by atoms with Crippen molar-refractivity contribution in [2.75, 3.05) is 6.54 Å². The van der Waals surface area contributed by atoms with E-state index in [2.05, 4.69) is 20.6 Å². The zero-order chi connectivity index (χ0) is 23.6. The smallest absolute Gasteiger partial charge is 0.407 e. The van der Waals surface area contributed by atoms with E-state index >= 15 is 0 Å². The van der Waals surface area contributed by atoms with E-state index in [1.165, 1.54) is 6.20 Å². The fourth-order valence-electron chi connectivity index (χ4n) is 3.04. The first-order valence-electron chi connectivity index (χ1n) is 10.3. The number of nitrogens with zero attached hydrogens (tertiary/aromatic N) is 2. The summed E-state index contributed by atoms with van der Waals surface area (Å²) in [7, 11) is 0. The van der Waals surface area contributed by atoms with Crippen LogP contribution in [-0.4, -0.2) is 51.7 Å². The van der Waals surface area contributed by atoms with Crippen molar-refractivity contribution in [2.45, 2.75) is 31.6 Å². The first-order valence-corrected chi connectivity index (χ1v) is 10.3. The fourth-order valence-corrected chi connectivity index (χ4v) is 3.04. The van der Waals surface area contributed by atoms with Crippen LogP contribution in [0.25, 0.3) is 11.0 Å². The van der Waals surface area contributed by atoms with Gasteiger partial charge in [-0.05, 0) is 17.7 Å². The van der Waals surface area contributed by atoms with E-state index in [4.69, 9.17) is 10.5 Å². The second kappa shape index (κ2) is 11.5. The predicted molar refractivity (Wildman–Crippen MR) is 120 cm³/mol. The summed E-state index contributed by atoms with van der Waals surface area (Å²) in [6.07, 6.45) is -0.665. The molecule has 0 aliphatic carbocycles. The van der Waals surface area contributed by atoms with Gasteiger partial charge in [0.1, 0.15) is 12.6 Å². The van der Waals surface area contributed by atoms with Crippen LogP contribution < -0.4 is 16.4 Å². The minimum Gasteiger partial charge on any atom is -0.445 e. The number of benzene rings is 2.